The first-order valence-corrected chi connectivity index (χ1v) is 11.5. The summed E-state index contributed by atoms with van der Waals surface area (Å²) >= 11 is 0. The molecule has 0 unspecified atom stereocenters. The van der Waals surface area contributed by atoms with Crippen LogP contribution in [-0.2, 0) is 4.74 Å². The van der Waals surface area contributed by atoms with Gasteiger partial charge in [-0.1, -0.05) is 0 Å². The summed E-state index contributed by atoms with van der Waals surface area (Å²) in [6, 6.07) is 4.64. The van der Waals surface area contributed by atoms with Gasteiger partial charge < -0.3 is 25.4 Å². The van der Waals surface area contributed by atoms with E-state index in [2.05, 4.69) is 53.6 Å². The van der Waals surface area contributed by atoms with Crippen LogP contribution >= 0.6 is 0 Å². The van der Waals surface area contributed by atoms with E-state index < -0.39 is 11.6 Å². The Kier molecular flexibility index (Phi) is 6.72. The SMILES string of the molecule is CC1(C)CC(Nc2nc(Nc3ccc(OC4CCOCC4)c(F)c3)ncc2F)CC(C)(C)N1. The summed E-state index contributed by atoms with van der Waals surface area (Å²) in [5.41, 5.74) is 0.278. The van der Waals surface area contributed by atoms with E-state index in [1.807, 2.05) is 0 Å². The molecule has 9 heteroatoms. The van der Waals surface area contributed by atoms with Crippen molar-refractivity contribution in [3.63, 3.8) is 0 Å². The van der Waals surface area contributed by atoms with Crippen LogP contribution in [0.4, 0.5) is 26.2 Å². The molecule has 0 amide bonds. The molecule has 4 rings (SSSR count). The fourth-order valence-electron chi connectivity index (χ4n) is 4.92. The van der Waals surface area contributed by atoms with Crippen molar-refractivity contribution in [3.8, 4) is 5.75 Å². The number of hydrogen-bond donors (Lipinski definition) is 3. The van der Waals surface area contributed by atoms with Gasteiger partial charge >= 0.3 is 0 Å². The summed E-state index contributed by atoms with van der Waals surface area (Å²) in [5.74, 6) is -0.493. The smallest absolute Gasteiger partial charge is 0.229 e. The minimum atomic E-state index is -0.527. The number of piperidine rings is 1. The van der Waals surface area contributed by atoms with Gasteiger partial charge in [-0.15, -0.1) is 0 Å². The van der Waals surface area contributed by atoms with E-state index in [4.69, 9.17) is 9.47 Å². The highest BCUT2D eigenvalue weighted by molar-refractivity contribution is 5.56. The van der Waals surface area contributed by atoms with Crippen LogP contribution in [0.1, 0.15) is 53.4 Å². The predicted molar refractivity (Wildman–Crippen MR) is 124 cm³/mol. The first kappa shape index (κ1) is 23.6. The van der Waals surface area contributed by atoms with Crippen LogP contribution in [-0.4, -0.2) is 46.4 Å². The maximum absolute atomic E-state index is 14.6. The Hall–Kier alpha value is -2.52. The maximum Gasteiger partial charge on any atom is 0.229 e. The lowest BCUT2D eigenvalue weighted by atomic mass is 9.79. The second-order valence-electron chi connectivity index (χ2n) is 10.2. The number of anilines is 3. The van der Waals surface area contributed by atoms with Crippen molar-refractivity contribution in [2.75, 3.05) is 23.8 Å². The number of hydrogen-bond acceptors (Lipinski definition) is 7. The summed E-state index contributed by atoms with van der Waals surface area (Å²) in [7, 11) is 0. The second-order valence-corrected chi connectivity index (χ2v) is 10.2. The lowest BCUT2D eigenvalue weighted by Crippen LogP contribution is -2.60. The highest BCUT2D eigenvalue weighted by Crippen LogP contribution is 2.31. The molecule has 3 heterocycles. The summed E-state index contributed by atoms with van der Waals surface area (Å²) in [6.07, 6.45) is 4.19. The van der Waals surface area contributed by atoms with E-state index in [0.717, 1.165) is 31.9 Å². The fraction of sp³-hybridized carbons (Fsp3) is 0.583. The normalized spacial score (nSPS) is 20.9. The van der Waals surface area contributed by atoms with Gasteiger partial charge in [-0.2, -0.15) is 4.98 Å². The molecule has 2 fully saturated rings. The molecule has 1 aromatic heterocycles. The highest BCUT2D eigenvalue weighted by atomic mass is 19.1. The zero-order chi connectivity index (χ0) is 23.6. The number of halogens is 2. The van der Waals surface area contributed by atoms with E-state index in [0.29, 0.717) is 18.9 Å². The van der Waals surface area contributed by atoms with Crippen molar-refractivity contribution in [2.45, 2.75) is 76.6 Å². The lowest BCUT2D eigenvalue weighted by Gasteiger charge is -2.46. The molecule has 0 aliphatic carbocycles. The molecule has 0 atom stereocenters. The summed E-state index contributed by atoms with van der Waals surface area (Å²) in [5, 5.41) is 9.81. The van der Waals surface area contributed by atoms with Crippen LogP contribution < -0.4 is 20.7 Å². The molecule has 3 N–H and O–H groups in total. The quantitative estimate of drug-likeness (QED) is 0.571. The van der Waals surface area contributed by atoms with Gasteiger partial charge in [-0.3, -0.25) is 0 Å². The molecule has 33 heavy (non-hydrogen) atoms. The molecular weight excluding hydrogens is 428 g/mol. The average Bonchev–Trinajstić information content (AvgIpc) is 2.71. The van der Waals surface area contributed by atoms with Crippen LogP contribution in [0.15, 0.2) is 24.4 Å². The van der Waals surface area contributed by atoms with Crippen LogP contribution in [0, 0.1) is 11.6 Å². The third-order valence-corrected chi connectivity index (χ3v) is 5.93. The Labute approximate surface area is 193 Å². The van der Waals surface area contributed by atoms with E-state index in [1.165, 1.54) is 6.07 Å². The summed E-state index contributed by atoms with van der Waals surface area (Å²) in [6.45, 7) is 9.78. The number of nitrogens with one attached hydrogen (secondary N) is 3. The lowest BCUT2D eigenvalue weighted by molar-refractivity contribution is 0.0240. The van der Waals surface area contributed by atoms with Gasteiger partial charge in [0.15, 0.2) is 23.2 Å². The van der Waals surface area contributed by atoms with Gasteiger partial charge in [0, 0.05) is 41.7 Å². The van der Waals surface area contributed by atoms with E-state index >= 15 is 0 Å². The monoisotopic (exact) mass is 461 g/mol. The molecule has 180 valence electrons. The number of ether oxygens (including phenoxy) is 2. The van der Waals surface area contributed by atoms with Gasteiger partial charge in [0.1, 0.15) is 6.10 Å². The minimum Gasteiger partial charge on any atom is -0.487 e. The Morgan fingerprint density at radius 2 is 1.76 bits per heavy atom. The van der Waals surface area contributed by atoms with Crippen molar-refractivity contribution in [1.29, 1.82) is 0 Å². The molecule has 0 radical (unpaired) electrons. The minimum absolute atomic E-state index is 0.0487. The average molecular weight is 462 g/mol. The second kappa shape index (κ2) is 9.38. The zero-order valence-corrected chi connectivity index (χ0v) is 19.7. The van der Waals surface area contributed by atoms with Crippen molar-refractivity contribution >= 4 is 17.5 Å². The Bertz CT molecular complexity index is 963. The van der Waals surface area contributed by atoms with Crippen LogP contribution in [0.2, 0.25) is 0 Å². The first-order valence-electron chi connectivity index (χ1n) is 11.5. The van der Waals surface area contributed by atoms with Gasteiger partial charge in [-0.25, -0.2) is 13.8 Å². The summed E-state index contributed by atoms with van der Waals surface area (Å²) in [4.78, 5) is 8.32. The zero-order valence-electron chi connectivity index (χ0n) is 19.7. The molecule has 2 aliphatic heterocycles. The molecule has 2 saturated heterocycles. The molecule has 1 aromatic carbocycles. The van der Waals surface area contributed by atoms with Gasteiger partial charge in [-0.05, 0) is 52.7 Å². The molecule has 2 aromatic rings. The Morgan fingerprint density at radius 1 is 1.06 bits per heavy atom. The van der Waals surface area contributed by atoms with E-state index in [9.17, 15) is 8.78 Å². The number of nitrogens with zero attached hydrogens (tertiary/aromatic N) is 2. The largest absolute Gasteiger partial charge is 0.487 e. The third-order valence-electron chi connectivity index (χ3n) is 5.93. The van der Waals surface area contributed by atoms with Crippen molar-refractivity contribution in [2.24, 2.45) is 0 Å². The fourth-order valence-corrected chi connectivity index (χ4v) is 4.92. The molecule has 7 nitrogen and oxygen atoms in total. The first-order chi connectivity index (χ1) is 15.6. The maximum atomic E-state index is 14.6. The van der Waals surface area contributed by atoms with Crippen molar-refractivity contribution in [3.05, 3.63) is 36.0 Å². The molecule has 0 saturated carbocycles. The third kappa shape index (κ3) is 6.29. The van der Waals surface area contributed by atoms with Gasteiger partial charge in [0.2, 0.25) is 5.95 Å². The topological polar surface area (TPSA) is 80.3 Å². The predicted octanol–water partition coefficient (Wildman–Crippen LogP) is 4.78. The number of rotatable bonds is 6. The Balaban J connectivity index is 1.44. The van der Waals surface area contributed by atoms with Gasteiger partial charge in [0.05, 0.1) is 19.4 Å². The summed E-state index contributed by atoms with van der Waals surface area (Å²) < 4.78 is 40.1. The van der Waals surface area contributed by atoms with Crippen molar-refractivity contribution < 1.29 is 18.3 Å². The molecule has 0 spiro atoms. The van der Waals surface area contributed by atoms with Crippen LogP contribution in [0.5, 0.6) is 5.75 Å². The number of benzene rings is 1. The molecular formula is C24H33F2N5O2. The van der Waals surface area contributed by atoms with Crippen LogP contribution in [0.25, 0.3) is 0 Å². The standard InChI is InChI=1S/C24H33F2N5O2/c1-23(2)12-16(13-24(3,4)31-23)28-21-19(26)14-27-22(30-21)29-15-5-6-20(18(25)11-15)33-17-7-9-32-10-8-17/h5-6,11,14,16-17,31H,7-10,12-13H2,1-4H3,(H2,27,28,29,30). The van der Waals surface area contributed by atoms with Gasteiger partial charge in [0.25, 0.3) is 0 Å². The van der Waals surface area contributed by atoms with E-state index in [-0.39, 0.29) is 40.7 Å². The van der Waals surface area contributed by atoms with E-state index in [1.54, 1.807) is 12.1 Å². The molecule has 0 bridgehead atoms. The number of aromatic nitrogens is 2. The van der Waals surface area contributed by atoms with Crippen molar-refractivity contribution in [1.82, 2.24) is 15.3 Å². The van der Waals surface area contributed by atoms with Crippen LogP contribution in [0.3, 0.4) is 0 Å². The molecule has 2 aliphatic rings. The highest BCUT2D eigenvalue weighted by Gasteiger charge is 2.38. The Morgan fingerprint density at radius 3 is 2.42 bits per heavy atom.